The van der Waals surface area contributed by atoms with Gasteiger partial charge in [-0.05, 0) is 24.3 Å². The standard InChI is InChI=1S/C24H32N4O2S/c1-27(2,3)15-17-7-9-21-19(11-17)23(13-25-21)31(29,30)24-14-26-22-10-8-18(12-20(22)24)16-28(4,5)6/h7-14,25-26H,15-16H2,1-6H3/q+2. The van der Waals surface area contributed by atoms with E-state index in [4.69, 9.17) is 0 Å². The van der Waals surface area contributed by atoms with Crippen LogP contribution in [0.1, 0.15) is 11.1 Å². The number of hydrogen-bond acceptors (Lipinski definition) is 2. The molecule has 0 aliphatic rings. The molecule has 0 aliphatic heterocycles. The molecule has 0 amide bonds. The Balaban J connectivity index is 1.83. The van der Waals surface area contributed by atoms with Crippen LogP contribution in [0.25, 0.3) is 21.8 Å². The van der Waals surface area contributed by atoms with Gasteiger partial charge in [0.15, 0.2) is 0 Å². The molecule has 0 bridgehead atoms. The first kappa shape index (κ1) is 21.6. The molecule has 2 aromatic heterocycles. The third-order valence-electron chi connectivity index (χ3n) is 5.31. The predicted molar refractivity (Wildman–Crippen MR) is 126 cm³/mol. The van der Waals surface area contributed by atoms with Crippen molar-refractivity contribution in [2.75, 3.05) is 42.3 Å². The van der Waals surface area contributed by atoms with Crippen molar-refractivity contribution in [1.29, 1.82) is 0 Å². The van der Waals surface area contributed by atoms with E-state index >= 15 is 0 Å². The Morgan fingerprint density at radius 3 is 1.42 bits per heavy atom. The van der Waals surface area contributed by atoms with Crippen molar-refractivity contribution < 1.29 is 17.4 Å². The Morgan fingerprint density at radius 2 is 1.06 bits per heavy atom. The van der Waals surface area contributed by atoms with Gasteiger partial charge in [0, 0.05) is 45.3 Å². The molecule has 0 spiro atoms. The van der Waals surface area contributed by atoms with Gasteiger partial charge in [-0.2, -0.15) is 0 Å². The Labute approximate surface area is 184 Å². The third kappa shape index (κ3) is 4.39. The van der Waals surface area contributed by atoms with E-state index < -0.39 is 9.84 Å². The van der Waals surface area contributed by atoms with Gasteiger partial charge in [0.05, 0.1) is 52.1 Å². The van der Waals surface area contributed by atoms with Crippen LogP contribution in [0.4, 0.5) is 0 Å². The van der Waals surface area contributed by atoms with Crippen LogP contribution in [0.2, 0.25) is 0 Å². The molecule has 4 rings (SSSR count). The Kier molecular flexibility index (Phi) is 5.04. The third-order valence-corrected chi connectivity index (χ3v) is 7.14. The maximum Gasteiger partial charge on any atom is 0.210 e. The fraction of sp³-hybridized carbons (Fsp3) is 0.333. The second-order valence-corrected chi connectivity index (χ2v) is 12.4. The van der Waals surface area contributed by atoms with E-state index in [-0.39, 0.29) is 0 Å². The molecule has 0 fully saturated rings. The largest absolute Gasteiger partial charge is 0.360 e. The van der Waals surface area contributed by atoms with E-state index in [1.54, 1.807) is 12.4 Å². The molecular weight excluding hydrogens is 408 g/mol. The number of quaternary nitrogens is 2. The number of rotatable bonds is 6. The lowest BCUT2D eigenvalue weighted by molar-refractivity contribution is -0.884. The molecule has 0 atom stereocenters. The minimum absolute atomic E-state index is 0.323. The monoisotopic (exact) mass is 440 g/mol. The molecule has 0 saturated heterocycles. The van der Waals surface area contributed by atoms with E-state index in [9.17, 15) is 8.42 Å². The minimum atomic E-state index is -3.70. The number of fused-ring (bicyclic) bond motifs is 2. The molecule has 0 unspecified atom stereocenters. The summed E-state index contributed by atoms with van der Waals surface area (Å²) in [6.07, 6.45) is 3.23. The summed E-state index contributed by atoms with van der Waals surface area (Å²) in [6.45, 7) is 1.64. The van der Waals surface area contributed by atoms with E-state index in [1.165, 1.54) is 0 Å². The SMILES string of the molecule is C[N+](C)(C)Cc1ccc2[nH]cc(S(=O)(=O)c3c[nH]c4ccc(C[N+](C)(C)C)cc34)c2c1. The zero-order valence-electron chi connectivity index (χ0n) is 19.2. The first-order valence-corrected chi connectivity index (χ1v) is 11.9. The lowest BCUT2D eigenvalue weighted by atomic mass is 10.1. The Hall–Kier alpha value is -2.61. The number of nitrogens with one attached hydrogen (secondary N) is 2. The summed E-state index contributed by atoms with van der Waals surface area (Å²) in [4.78, 5) is 6.93. The molecule has 0 radical (unpaired) electrons. The number of aromatic amines is 2. The lowest BCUT2D eigenvalue weighted by Crippen LogP contribution is -2.33. The van der Waals surface area contributed by atoms with Gasteiger partial charge >= 0.3 is 0 Å². The molecule has 2 heterocycles. The van der Waals surface area contributed by atoms with E-state index in [1.807, 2.05) is 24.3 Å². The molecule has 2 N–H and O–H groups in total. The maximum atomic E-state index is 13.7. The highest BCUT2D eigenvalue weighted by atomic mass is 32.2. The summed E-state index contributed by atoms with van der Waals surface area (Å²) < 4.78 is 29.0. The average Bonchev–Trinajstić information content (AvgIpc) is 3.22. The smallest absolute Gasteiger partial charge is 0.210 e. The molecule has 31 heavy (non-hydrogen) atoms. The van der Waals surface area contributed by atoms with E-state index in [0.717, 1.165) is 55.0 Å². The summed E-state index contributed by atoms with van der Waals surface area (Å²) in [7, 11) is 9.04. The molecule has 0 saturated carbocycles. The van der Waals surface area contributed by atoms with Crippen LogP contribution in [0.15, 0.2) is 58.6 Å². The number of aromatic nitrogens is 2. The number of hydrogen-bond donors (Lipinski definition) is 2. The molecule has 0 aliphatic carbocycles. The highest BCUT2D eigenvalue weighted by Crippen LogP contribution is 2.33. The summed E-state index contributed by atoms with van der Waals surface area (Å²) in [5, 5.41) is 1.48. The lowest BCUT2D eigenvalue weighted by Gasteiger charge is -2.24. The van der Waals surface area contributed by atoms with Gasteiger partial charge in [-0.1, -0.05) is 12.1 Å². The van der Waals surface area contributed by atoms with Gasteiger partial charge in [0.1, 0.15) is 13.1 Å². The van der Waals surface area contributed by atoms with Gasteiger partial charge < -0.3 is 18.9 Å². The first-order valence-electron chi connectivity index (χ1n) is 10.4. The highest BCUT2D eigenvalue weighted by Gasteiger charge is 2.26. The fourth-order valence-corrected chi connectivity index (χ4v) is 5.72. The van der Waals surface area contributed by atoms with Crippen molar-refractivity contribution in [3.8, 4) is 0 Å². The van der Waals surface area contributed by atoms with Crippen molar-refractivity contribution in [2.45, 2.75) is 22.9 Å². The highest BCUT2D eigenvalue weighted by molar-refractivity contribution is 7.92. The van der Waals surface area contributed by atoms with Gasteiger partial charge in [-0.3, -0.25) is 0 Å². The average molecular weight is 441 g/mol. The van der Waals surface area contributed by atoms with Crippen molar-refractivity contribution in [3.05, 3.63) is 59.9 Å². The first-order chi connectivity index (χ1) is 14.3. The van der Waals surface area contributed by atoms with Crippen LogP contribution in [0.5, 0.6) is 0 Å². The summed E-state index contributed by atoms with van der Waals surface area (Å²) in [5.74, 6) is 0. The van der Waals surface area contributed by atoms with Crippen LogP contribution >= 0.6 is 0 Å². The van der Waals surface area contributed by atoms with Crippen LogP contribution in [-0.4, -0.2) is 69.6 Å². The fourth-order valence-electron chi connectivity index (χ4n) is 4.14. The van der Waals surface area contributed by atoms with Crippen LogP contribution in [-0.2, 0) is 22.9 Å². The number of benzene rings is 2. The zero-order chi connectivity index (χ0) is 22.6. The zero-order valence-corrected chi connectivity index (χ0v) is 20.0. The van der Waals surface area contributed by atoms with Crippen molar-refractivity contribution in [2.24, 2.45) is 0 Å². The van der Waals surface area contributed by atoms with Gasteiger partial charge in [0.25, 0.3) is 0 Å². The molecule has 2 aromatic carbocycles. The number of H-pyrrole nitrogens is 2. The predicted octanol–water partition coefficient (Wildman–Crippen LogP) is 3.89. The normalized spacial score (nSPS) is 13.4. The summed E-state index contributed by atoms with van der Waals surface area (Å²) >= 11 is 0. The molecule has 6 nitrogen and oxygen atoms in total. The van der Waals surface area contributed by atoms with Crippen molar-refractivity contribution in [3.63, 3.8) is 0 Å². The van der Waals surface area contributed by atoms with Crippen molar-refractivity contribution >= 4 is 31.6 Å². The van der Waals surface area contributed by atoms with Gasteiger partial charge in [-0.15, -0.1) is 0 Å². The quantitative estimate of drug-likeness (QED) is 0.447. The summed E-state index contributed by atoms with van der Waals surface area (Å²) in [5.41, 5.74) is 3.88. The Bertz CT molecular complexity index is 1270. The van der Waals surface area contributed by atoms with E-state index in [2.05, 4.69) is 64.4 Å². The molecule has 7 heteroatoms. The van der Waals surface area contributed by atoms with Crippen LogP contribution < -0.4 is 0 Å². The second-order valence-electron chi connectivity index (χ2n) is 10.5. The van der Waals surface area contributed by atoms with Crippen LogP contribution in [0, 0.1) is 0 Å². The number of nitrogens with zero attached hydrogens (tertiary/aromatic N) is 2. The molecule has 164 valence electrons. The molecular formula is C24H32N4O2S+2. The minimum Gasteiger partial charge on any atom is -0.360 e. The topological polar surface area (TPSA) is 65.7 Å². The van der Waals surface area contributed by atoms with Crippen molar-refractivity contribution in [1.82, 2.24) is 9.97 Å². The summed E-state index contributed by atoms with van der Waals surface area (Å²) in [6, 6.07) is 12.0. The number of sulfone groups is 1. The second kappa shape index (κ2) is 7.22. The molecule has 4 aromatic rings. The maximum absolute atomic E-state index is 13.7. The van der Waals surface area contributed by atoms with E-state index in [0.29, 0.717) is 9.79 Å². The van der Waals surface area contributed by atoms with Crippen LogP contribution in [0.3, 0.4) is 0 Å². The van der Waals surface area contributed by atoms with Gasteiger partial charge in [0.2, 0.25) is 9.84 Å². The Morgan fingerprint density at radius 1 is 0.677 bits per heavy atom. The van der Waals surface area contributed by atoms with Gasteiger partial charge in [-0.25, -0.2) is 8.42 Å².